The summed E-state index contributed by atoms with van der Waals surface area (Å²) in [7, 11) is 3.87. The van der Waals surface area contributed by atoms with E-state index in [9.17, 15) is 0 Å². The van der Waals surface area contributed by atoms with E-state index >= 15 is 0 Å². The summed E-state index contributed by atoms with van der Waals surface area (Å²) < 4.78 is 5.35. The Morgan fingerprint density at radius 3 is 2.86 bits per heavy atom. The van der Waals surface area contributed by atoms with Crippen LogP contribution in [0.5, 0.6) is 0 Å². The van der Waals surface area contributed by atoms with Crippen molar-refractivity contribution < 1.29 is 4.74 Å². The third kappa shape index (κ3) is 3.56. The van der Waals surface area contributed by atoms with Crippen LogP contribution in [0, 0.1) is 0 Å². The van der Waals surface area contributed by atoms with E-state index in [4.69, 9.17) is 4.74 Å². The summed E-state index contributed by atoms with van der Waals surface area (Å²) in [6, 6.07) is 0.649. The van der Waals surface area contributed by atoms with Crippen molar-refractivity contribution in [2.24, 2.45) is 0 Å². The van der Waals surface area contributed by atoms with Gasteiger partial charge in [0.2, 0.25) is 0 Å². The van der Waals surface area contributed by atoms with Gasteiger partial charge >= 0.3 is 0 Å². The Hall–Kier alpha value is -0.120. The molecular weight excluding hydrogens is 176 g/mol. The number of rotatable bonds is 6. The highest BCUT2D eigenvalue weighted by Crippen LogP contribution is 2.12. The van der Waals surface area contributed by atoms with E-state index in [1.807, 2.05) is 7.11 Å². The van der Waals surface area contributed by atoms with Gasteiger partial charge < -0.3 is 10.1 Å². The van der Waals surface area contributed by atoms with Crippen molar-refractivity contribution in [2.75, 3.05) is 33.8 Å². The maximum atomic E-state index is 5.35. The van der Waals surface area contributed by atoms with E-state index in [-0.39, 0.29) is 0 Å². The van der Waals surface area contributed by atoms with Crippen LogP contribution >= 0.6 is 0 Å². The molecule has 0 saturated carbocycles. The van der Waals surface area contributed by atoms with Crippen molar-refractivity contribution in [3.63, 3.8) is 0 Å². The molecule has 0 bridgehead atoms. The summed E-state index contributed by atoms with van der Waals surface area (Å²) in [5.74, 6) is 0. The van der Waals surface area contributed by atoms with Crippen LogP contribution in [0.25, 0.3) is 0 Å². The van der Waals surface area contributed by atoms with Gasteiger partial charge in [-0.05, 0) is 19.9 Å². The minimum absolute atomic E-state index is 0.467. The van der Waals surface area contributed by atoms with E-state index in [1.165, 1.54) is 32.4 Å². The molecule has 0 spiro atoms. The molecule has 0 aromatic rings. The van der Waals surface area contributed by atoms with Crippen LogP contribution in [-0.4, -0.2) is 50.8 Å². The van der Waals surface area contributed by atoms with Crippen molar-refractivity contribution in [3.05, 3.63) is 0 Å². The molecule has 2 atom stereocenters. The smallest absolute Gasteiger partial charge is 0.0710 e. The maximum Gasteiger partial charge on any atom is 0.0710 e. The number of likely N-dealkylation sites (N-methyl/N-ethyl adjacent to an activating group) is 1. The molecule has 1 heterocycles. The molecule has 0 aliphatic carbocycles. The van der Waals surface area contributed by atoms with Gasteiger partial charge in [-0.1, -0.05) is 13.3 Å². The van der Waals surface area contributed by atoms with Crippen LogP contribution in [0.4, 0.5) is 0 Å². The standard InChI is InChI=1S/C11H24N2O/c1-4-5-10(12-2)8-13-7-6-11(9-13)14-3/h10-12H,4-9H2,1-3H3. The zero-order chi connectivity index (χ0) is 10.4. The Morgan fingerprint density at radius 1 is 1.57 bits per heavy atom. The topological polar surface area (TPSA) is 24.5 Å². The average molecular weight is 200 g/mol. The van der Waals surface area contributed by atoms with E-state index in [0.29, 0.717) is 12.1 Å². The van der Waals surface area contributed by atoms with Gasteiger partial charge in [0.1, 0.15) is 0 Å². The molecule has 0 amide bonds. The fourth-order valence-electron chi connectivity index (χ4n) is 2.14. The fraction of sp³-hybridized carbons (Fsp3) is 1.00. The molecule has 3 heteroatoms. The molecule has 0 radical (unpaired) electrons. The molecule has 1 fully saturated rings. The first-order valence-electron chi connectivity index (χ1n) is 5.72. The molecule has 1 aliphatic heterocycles. The summed E-state index contributed by atoms with van der Waals surface area (Å²) in [6.07, 6.45) is 4.19. The second kappa shape index (κ2) is 6.38. The summed E-state index contributed by atoms with van der Waals surface area (Å²) in [4.78, 5) is 2.50. The highest BCUT2D eigenvalue weighted by atomic mass is 16.5. The predicted molar refractivity (Wildman–Crippen MR) is 59.6 cm³/mol. The minimum Gasteiger partial charge on any atom is -0.380 e. The molecule has 84 valence electrons. The normalized spacial score (nSPS) is 25.5. The lowest BCUT2D eigenvalue weighted by atomic mass is 10.1. The number of hydrogen-bond acceptors (Lipinski definition) is 3. The summed E-state index contributed by atoms with van der Waals surface area (Å²) in [6.45, 7) is 5.72. The van der Waals surface area contributed by atoms with Gasteiger partial charge in [0.25, 0.3) is 0 Å². The Bertz CT molecular complexity index is 152. The number of nitrogens with one attached hydrogen (secondary N) is 1. The van der Waals surface area contributed by atoms with Gasteiger partial charge in [-0.2, -0.15) is 0 Å². The van der Waals surface area contributed by atoms with Gasteiger partial charge in [0.05, 0.1) is 6.10 Å². The first kappa shape index (κ1) is 12.0. The van der Waals surface area contributed by atoms with Gasteiger partial charge in [-0.15, -0.1) is 0 Å². The molecule has 14 heavy (non-hydrogen) atoms. The molecule has 0 aromatic carbocycles. The zero-order valence-electron chi connectivity index (χ0n) is 9.75. The highest BCUT2D eigenvalue weighted by Gasteiger charge is 2.23. The van der Waals surface area contributed by atoms with E-state index in [0.717, 1.165) is 6.54 Å². The van der Waals surface area contributed by atoms with Crippen molar-refractivity contribution in [1.29, 1.82) is 0 Å². The van der Waals surface area contributed by atoms with Crippen LogP contribution in [0.1, 0.15) is 26.2 Å². The summed E-state index contributed by atoms with van der Waals surface area (Å²) >= 11 is 0. The first-order valence-corrected chi connectivity index (χ1v) is 5.72. The Balaban J connectivity index is 2.22. The number of hydrogen-bond donors (Lipinski definition) is 1. The van der Waals surface area contributed by atoms with Gasteiger partial charge in [0.15, 0.2) is 0 Å². The SMILES string of the molecule is CCCC(CN1CCC(OC)C1)NC. The van der Waals surface area contributed by atoms with E-state index in [1.54, 1.807) is 0 Å². The van der Waals surface area contributed by atoms with Crippen LogP contribution in [0.15, 0.2) is 0 Å². The van der Waals surface area contributed by atoms with E-state index in [2.05, 4.69) is 24.2 Å². The number of nitrogens with zero attached hydrogens (tertiary/aromatic N) is 1. The van der Waals surface area contributed by atoms with Gasteiger partial charge in [-0.3, -0.25) is 4.90 Å². The van der Waals surface area contributed by atoms with E-state index < -0.39 is 0 Å². The van der Waals surface area contributed by atoms with Crippen molar-refractivity contribution >= 4 is 0 Å². The van der Waals surface area contributed by atoms with Crippen LogP contribution in [0.3, 0.4) is 0 Å². The van der Waals surface area contributed by atoms with Crippen LogP contribution in [0.2, 0.25) is 0 Å². The summed E-state index contributed by atoms with van der Waals surface area (Å²) in [5, 5.41) is 3.38. The Kier molecular flexibility index (Phi) is 5.45. The number of methoxy groups -OCH3 is 1. The molecule has 2 unspecified atom stereocenters. The highest BCUT2D eigenvalue weighted by molar-refractivity contribution is 4.79. The van der Waals surface area contributed by atoms with Crippen LogP contribution < -0.4 is 5.32 Å². The third-order valence-electron chi connectivity index (χ3n) is 3.09. The molecule has 1 rings (SSSR count). The fourth-order valence-corrected chi connectivity index (χ4v) is 2.14. The number of likely N-dealkylation sites (tertiary alicyclic amines) is 1. The maximum absolute atomic E-state index is 5.35. The monoisotopic (exact) mass is 200 g/mol. The van der Waals surface area contributed by atoms with Crippen molar-refractivity contribution in [1.82, 2.24) is 10.2 Å². The lowest BCUT2D eigenvalue weighted by Crippen LogP contribution is -2.38. The second-order valence-electron chi connectivity index (χ2n) is 4.18. The van der Waals surface area contributed by atoms with Crippen molar-refractivity contribution in [3.8, 4) is 0 Å². The predicted octanol–water partition coefficient (Wildman–Crippen LogP) is 1.10. The molecule has 0 aromatic heterocycles. The lowest BCUT2D eigenvalue weighted by molar-refractivity contribution is 0.106. The zero-order valence-corrected chi connectivity index (χ0v) is 9.75. The quantitative estimate of drug-likeness (QED) is 0.695. The summed E-state index contributed by atoms with van der Waals surface area (Å²) in [5.41, 5.74) is 0. The average Bonchev–Trinajstić information content (AvgIpc) is 2.65. The number of ether oxygens (including phenoxy) is 1. The molecule has 1 N–H and O–H groups in total. The Morgan fingerprint density at radius 2 is 2.36 bits per heavy atom. The molecule has 1 aliphatic rings. The van der Waals surface area contributed by atoms with Crippen LogP contribution in [-0.2, 0) is 4.74 Å². The minimum atomic E-state index is 0.467. The molecule has 1 saturated heterocycles. The molecular formula is C11H24N2O. The van der Waals surface area contributed by atoms with Gasteiger partial charge in [0, 0.05) is 32.8 Å². The van der Waals surface area contributed by atoms with Gasteiger partial charge in [-0.25, -0.2) is 0 Å². The third-order valence-corrected chi connectivity index (χ3v) is 3.09. The largest absolute Gasteiger partial charge is 0.380 e. The first-order chi connectivity index (χ1) is 6.80. The second-order valence-corrected chi connectivity index (χ2v) is 4.18. The van der Waals surface area contributed by atoms with Crippen molar-refractivity contribution in [2.45, 2.75) is 38.3 Å². The lowest BCUT2D eigenvalue weighted by Gasteiger charge is -2.22. The molecule has 3 nitrogen and oxygen atoms in total. The Labute approximate surface area is 87.8 Å².